The Kier molecular flexibility index (Phi) is 8.44. The Morgan fingerprint density at radius 1 is 1.00 bits per heavy atom. The lowest BCUT2D eigenvalue weighted by Gasteiger charge is -2.21. The predicted octanol–water partition coefficient (Wildman–Crippen LogP) is 4.68. The Bertz CT molecular complexity index is 1100. The van der Waals surface area contributed by atoms with Crippen LogP contribution in [-0.2, 0) is 27.5 Å². The lowest BCUT2D eigenvalue weighted by molar-refractivity contribution is -0.128. The molecule has 1 atom stereocenters. The van der Waals surface area contributed by atoms with Crippen molar-refractivity contribution in [3.63, 3.8) is 0 Å². The highest BCUT2D eigenvalue weighted by Gasteiger charge is 2.26. The molecule has 33 heavy (non-hydrogen) atoms. The van der Waals surface area contributed by atoms with Crippen LogP contribution in [-0.4, -0.2) is 22.7 Å². The van der Waals surface area contributed by atoms with Gasteiger partial charge in [-0.15, -0.1) is 0 Å². The number of para-hydroxylation sites is 1. The van der Waals surface area contributed by atoms with Gasteiger partial charge in [0.15, 0.2) is 5.78 Å². The third kappa shape index (κ3) is 6.80. The Hall–Kier alpha value is -3.38. The van der Waals surface area contributed by atoms with Gasteiger partial charge in [0.1, 0.15) is 5.70 Å². The number of carbonyl (C=O) groups excluding carboxylic acids is 2. The Morgan fingerprint density at radius 2 is 1.70 bits per heavy atom. The van der Waals surface area contributed by atoms with E-state index in [9.17, 15) is 9.59 Å². The molecular formula is C27H33N3O3. The summed E-state index contributed by atoms with van der Waals surface area (Å²) in [5, 5.41) is 3.99. The maximum absolute atomic E-state index is 13.2. The minimum Gasteiger partial charge on any atom is -0.361 e. The molecule has 3 aromatic rings. The number of fused-ring (bicyclic) bond motifs is 1. The molecule has 174 valence electrons. The molecule has 1 aromatic heterocycles. The van der Waals surface area contributed by atoms with Gasteiger partial charge in [-0.2, -0.15) is 0 Å². The number of H-pyrrole nitrogens is 1. The van der Waals surface area contributed by atoms with E-state index in [4.69, 9.17) is 4.84 Å². The number of rotatable bonds is 11. The zero-order valence-corrected chi connectivity index (χ0v) is 19.7. The van der Waals surface area contributed by atoms with Crippen LogP contribution in [0.4, 0.5) is 0 Å². The summed E-state index contributed by atoms with van der Waals surface area (Å²) in [5.41, 5.74) is 6.07. The van der Waals surface area contributed by atoms with E-state index in [1.165, 1.54) is 0 Å². The van der Waals surface area contributed by atoms with Crippen LogP contribution in [0.1, 0.15) is 38.8 Å². The third-order valence-electron chi connectivity index (χ3n) is 5.33. The van der Waals surface area contributed by atoms with Crippen LogP contribution < -0.4 is 10.8 Å². The summed E-state index contributed by atoms with van der Waals surface area (Å²) >= 11 is 0. The van der Waals surface area contributed by atoms with Crippen molar-refractivity contribution in [2.75, 3.05) is 0 Å². The van der Waals surface area contributed by atoms with Crippen molar-refractivity contribution in [3.8, 4) is 0 Å². The molecule has 2 aromatic carbocycles. The quantitative estimate of drug-likeness (QED) is 0.294. The van der Waals surface area contributed by atoms with Crippen molar-refractivity contribution in [3.05, 3.63) is 83.7 Å². The SMILES string of the molecule is CC(C)C=C(NOCc1ccccc1)C(=O)NC(Cc1c[nH]c2ccccc12)C(=O)C(C)C. The minimum atomic E-state index is -0.650. The number of allylic oxidation sites excluding steroid dienone is 1. The molecule has 6 heteroatoms. The maximum atomic E-state index is 13.2. The first kappa shape index (κ1) is 24.3. The van der Waals surface area contributed by atoms with Gasteiger partial charge in [-0.1, -0.05) is 82.3 Å². The lowest BCUT2D eigenvalue weighted by Crippen LogP contribution is -2.46. The van der Waals surface area contributed by atoms with Crippen molar-refractivity contribution in [1.29, 1.82) is 0 Å². The number of nitrogens with one attached hydrogen (secondary N) is 3. The molecule has 0 radical (unpaired) electrons. The summed E-state index contributed by atoms with van der Waals surface area (Å²) in [6, 6.07) is 17.0. The lowest BCUT2D eigenvalue weighted by atomic mass is 9.95. The summed E-state index contributed by atoms with van der Waals surface area (Å²) in [4.78, 5) is 35.0. The molecule has 0 saturated heterocycles. The summed E-state index contributed by atoms with van der Waals surface area (Å²) < 4.78 is 0. The van der Waals surface area contributed by atoms with Gasteiger partial charge in [0, 0.05) is 29.4 Å². The molecular weight excluding hydrogens is 414 g/mol. The van der Waals surface area contributed by atoms with Crippen LogP contribution in [0.5, 0.6) is 0 Å². The van der Waals surface area contributed by atoms with E-state index in [0.717, 1.165) is 22.0 Å². The molecule has 1 amide bonds. The highest BCUT2D eigenvalue weighted by molar-refractivity contribution is 5.97. The number of aromatic nitrogens is 1. The minimum absolute atomic E-state index is 0.0114. The second-order valence-corrected chi connectivity index (χ2v) is 8.85. The van der Waals surface area contributed by atoms with Crippen molar-refractivity contribution in [1.82, 2.24) is 15.8 Å². The van der Waals surface area contributed by atoms with E-state index in [2.05, 4.69) is 15.8 Å². The molecule has 0 aliphatic heterocycles. The van der Waals surface area contributed by atoms with Crippen LogP contribution in [0.3, 0.4) is 0 Å². The second-order valence-electron chi connectivity index (χ2n) is 8.85. The largest absolute Gasteiger partial charge is 0.361 e. The predicted molar refractivity (Wildman–Crippen MR) is 131 cm³/mol. The molecule has 0 fully saturated rings. The van der Waals surface area contributed by atoms with E-state index >= 15 is 0 Å². The van der Waals surface area contributed by atoms with E-state index in [1.807, 2.05) is 88.5 Å². The van der Waals surface area contributed by atoms with E-state index in [1.54, 1.807) is 6.08 Å². The Labute approximate surface area is 195 Å². The third-order valence-corrected chi connectivity index (χ3v) is 5.33. The fourth-order valence-corrected chi connectivity index (χ4v) is 3.64. The van der Waals surface area contributed by atoms with E-state index < -0.39 is 6.04 Å². The Morgan fingerprint density at radius 3 is 2.39 bits per heavy atom. The van der Waals surface area contributed by atoms with E-state index in [-0.39, 0.29) is 23.5 Å². The molecule has 0 aliphatic carbocycles. The normalized spacial score (nSPS) is 12.8. The van der Waals surface area contributed by atoms with Crippen LogP contribution in [0.15, 0.2) is 72.6 Å². The van der Waals surface area contributed by atoms with Crippen LogP contribution in [0.25, 0.3) is 10.9 Å². The molecule has 0 saturated carbocycles. The van der Waals surface area contributed by atoms with Crippen LogP contribution >= 0.6 is 0 Å². The first-order valence-corrected chi connectivity index (χ1v) is 11.4. The number of hydrogen-bond acceptors (Lipinski definition) is 4. The fraction of sp³-hybridized carbons (Fsp3) is 0.333. The zero-order chi connectivity index (χ0) is 23.8. The number of ketones is 1. The standard InChI is InChI=1S/C27H33N3O3/c1-18(2)14-25(30-33-17-20-10-6-5-7-11-20)27(32)29-24(26(31)19(3)4)15-21-16-28-23-13-9-8-12-22(21)23/h5-14,16,18-19,24,28,30H,15,17H2,1-4H3,(H,29,32). The Balaban J connectivity index is 1.74. The number of carbonyl (C=O) groups is 2. The molecule has 1 unspecified atom stereocenters. The molecule has 3 rings (SSSR count). The van der Waals surface area contributed by atoms with Crippen LogP contribution in [0, 0.1) is 11.8 Å². The average Bonchev–Trinajstić information content (AvgIpc) is 3.20. The molecule has 0 bridgehead atoms. The average molecular weight is 448 g/mol. The number of aromatic amines is 1. The summed E-state index contributed by atoms with van der Waals surface area (Å²) in [5.74, 6) is -0.467. The number of hydrogen-bond donors (Lipinski definition) is 3. The van der Waals surface area contributed by atoms with Crippen molar-refractivity contribution < 1.29 is 14.4 Å². The van der Waals surface area contributed by atoms with Crippen LogP contribution in [0.2, 0.25) is 0 Å². The topological polar surface area (TPSA) is 83.2 Å². The monoisotopic (exact) mass is 447 g/mol. The van der Waals surface area contributed by atoms with Crippen molar-refractivity contribution >= 4 is 22.6 Å². The van der Waals surface area contributed by atoms with Gasteiger partial charge in [-0.3, -0.25) is 19.9 Å². The number of benzene rings is 2. The van der Waals surface area contributed by atoms with Gasteiger partial charge in [0.25, 0.3) is 5.91 Å². The maximum Gasteiger partial charge on any atom is 0.269 e. The van der Waals surface area contributed by atoms with Gasteiger partial charge in [0.2, 0.25) is 0 Å². The number of hydroxylamine groups is 1. The fourth-order valence-electron chi connectivity index (χ4n) is 3.64. The molecule has 0 aliphatic rings. The molecule has 6 nitrogen and oxygen atoms in total. The number of amides is 1. The molecule has 1 heterocycles. The van der Waals surface area contributed by atoms with Gasteiger partial charge in [-0.25, -0.2) is 0 Å². The van der Waals surface area contributed by atoms with E-state index in [0.29, 0.717) is 18.7 Å². The van der Waals surface area contributed by atoms with Crippen molar-refractivity contribution in [2.45, 2.75) is 46.8 Å². The smallest absolute Gasteiger partial charge is 0.269 e. The second kappa shape index (κ2) is 11.5. The highest BCUT2D eigenvalue weighted by atomic mass is 16.6. The number of Topliss-reactive ketones (excluding diaryl/α,β-unsaturated/α-hetero) is 1. The van der Waals surface area contributed by atoms with Gasteiger partial charge in [-0.05, 0) is 23.1 Å². The first-order valence-electron chi connectivity index (χ1n) is 11.4. The highest BCUT2D eigenvalue weighted by Crippen LogP contribution is 2.20. The summed E-state index contributed by atoms with van der Waals surface area (Å²) in [6.45, 7) is 7.97. The van der Waals surface area contributed by atoms with Gasteiger partial charge in [0.05, 0.1) is 12.6 Å². The first-order chi connectivity index (χ1) is 15.8. The zero-order valence-electron chi connectivity index (χ0n) is 19.7. The summed E-state index contributed by atoms with van der Waals surface area (Å²) in [6.07, 6.45) is 4.11. The van der Waals surface area contributed by atoms with Gasteiger partial charge < -0.3 is 10.3 Å². The van der Waals surface area contributed by atoms with Gasteiger partial charge >= 0.3 is 0 Å². The molecule has 3 N–H and O–H groups in total. The van der Waals surface area contributed by atoms with Crippen molar-refractivity contribution in [2.24, 2.45) is 11.8 Å². The summed E-state index contributed by atoms with van der Waals surface area (Å²) in [7, 11) is 0. The molecule has 0 spiro atoms.